The van der Waals surface area contributed by atoms with Crippen LogP contribution in [-0.2, 0) is 4.79 Å². The highest BCUT2D eigenvalue weighted by Crippen LogP contribution is 2.25. The molecule has 0 radical (unpaired) electrons. The van der Waals surface area contributed by atoms with E-state index in [1.165, 1.54) is 7.11 Å². The van der Waals surface area contributed by atoms with Gasteiger partial charge in [-0.05, 0) is 22.6 Å². The number of methoxy groups -OCH3 is 1. The van der Waals surface area contributed by atoms with Crippen molar-refractivity contribution in [1.29, 1.82) is 0 Å². The summed E-state index contributed by atoms with van der Waals surface area (Å²) in [5.74, 6) is -0.430. The summed E-state index contributed by atoms with van der Waals surface area (Å²) in [6.45, 7) is -0.427. The van der Waals surface area contributed by atoms with Crippen molar-refractivity contribution in [2.75, 3.05) is 13.7 Å². The van der Waals surface area contributed by atoms with E-state index >= 15 is 0 Å². The lowest BCUT2D eigenvalue weighted by Crippen LogP contribution is -2.10. The van der Waals surface area contributed by atoms with Crippen molar-refractivity contribution in [3.8, 4) is 11.6 Å². The van der Waals surface area contributed by atoms with Crippen LogP contribution in [0.2, 0.25) is 0 Å². The van der Waals surface area contributed by atoms with Crippen LogP contribution in [0.25, 0.3) is 0 Å². The maximum atomic E-state index is 10.2. The molecule has 6 heteroatoms. The summed E-state index contributed by atoms with van der Waals surface area (Å²) < 4.78 is 10.8. The van der Waals surface area contributed by atoms with Gasteiger partial charge in [-0.15, -0.1) is 0 Å². The van der Waals surface area contributed by atoms with Crippen molar-refractivity contribution < 1.29 is 19.4 Å². The SMILES string of the molecule is COc1cc(I)cnc1OCC(=O)O. The zero-order valence-electron chi connectivity index (χ0n) is 7.36. The minimum Gasteiger partial charge on any atom is -0.491 e. The van der Waals surface area contributed by atoms with Gasteiger partial charge in [-0.1, -0.05) is 0 Å². The van der Waals surface area contributed by atoms with Crippen molar-refractivity contribution in [2.45, 2.75) is 0 Å². The fourth-order valence-electron chi connectivity index (χ4n) is 0.793. The van der Waals surface area contributed by atoms with Crippen LogP contribution in [-0.4, -0.2) is 29.8 Å². The summed E-state index contributed by atoms with van der Waals surface area (Å²) in [5.41, 5.74) is 0. The number of hydrogen-bond acceptors (Lipinski definition) is 4. The van der Waals surface area contributed by atoms with Gasteiger partial charge in [0, 0.05) is 15.8 Å². The number of rotatable bonds is 4. The quantitative estimate of drug-likeness (QED) is 0.845. The number of halogens is 1. The Kier molecular flexibility index (Phi) is 3.93. The number of nitrogens with zero attached hydrogens (tertiary/aromatic N) is 1. The highest BCUT2D eigenvalue weighted by molar-refractivity contribution is 14.1. The van der Waals surface area contributed by atoms with Crippen LogP contribution in [0.1, 0.15) is 0 Å². The summed E-state index contributed by atoms with van der Waals surface area (Å²) in [4.78, 5) is 14.1. The van der Waals surface area contributed by atoms with Gasteiger partial charge in [0.15, 0.2) is 12.4 Å². The molecule has 1 rings (SSSR count). The monoisotopic (exact) mass is 309 g/mol. The number of aliphatic carboxylic acids is 1. The minimum atomic E-state index is -1.05. The lowest BCUT2D eigenvalue weighted by Gasteiger charge is -2.07. The number of hydrogen-bond donors (Lipinski definition) is 1. The van der Waals surface area contributed by atoms with E-state index in [1.807, 2.05) is 0 Å². The second-order valence-corrected chi connectivity index (χ2v) is 3.59. The molecule has 1 heterocycles. The Morgan fingerprint density at radius 3 is 3.00 bits per heavy atom. The molecule has 0 spiro atoms. The van der Waals surface area contributed by atoms with Gasteiger partial charge in [0.2, 0.25) is 0 Å². The fraction of sp³-hybridized carbons (Fsp3) is 0.250. The summed E-state index contributed by atoms with van der Waals surface area (Å²) in [6.07, 6.45) is 1.57. The Bertz CT molecular complexity index is 342. The molecule has 0 aromatic carbocycles. The molecule has 0 aliphatic carbocycles. The third kappa shape index (κ3) is 3.02. The van der Waals surface area contributed by atoms with E-state index in [0.717, 1.165) is 3.57 Å². The smallest absolute Gasteiger partial charge is 0.341 e. The van der Waals surface area contributed by atoms with E-state index in [4.69, 9.17) is 14.6 Å². The lowest BCUT2D eigenvalue weighted by molar-refractivity contribution is -0.139. The molecule has 0 atom stereocenters. The lowest BCUT2D eigenvalue weighted by atomic mass is 10.4. The third-order valence-electron chi connectivity index (χ3n) is 1.34. The largest absolute Gasteiger partial charge is 0.491 e. The van der Waals surface area contributed by atoms with E-state index in [-0.39, 0.29) is 5.88 Å². The number of aromatic nitrogens is 1. The van der Waals surface area contributed by atoms with E-state index in [9.17, 15) is 4.79 Å². The zero-order chi connectivity index (χ0) is 10.6. The van der Waals surface area contributed by atoms with E-state index in [0.29, 0.717) is 5.75 Å². The first kappa shape index (κ1) is 11.0. The van der Waals surface area contributed by atoms with Crippen molar-refractivity contribution in [3.05, 3.63) is 15.8 Å². The van der Waals surface area contributed by atoms with Crippen LogP contribution in [0, 0.1) is 3.57 Å². The Morgan fingerprint density at radius 1 is 1.71 bits per heavy atom. The summed E-state index contributed by atoms with van der Waals surface area (Å²) in [5, 5.41) is 8.40. The molecule has 0 amide bonds. The first-order valence-electron chi connectivity index (χ1n) is 3.67. The molecule has 14 heavy (non-hydrogen) atoms. The molecule has 0 saturated carbocycles. The molecule has 0 aliphatic heterocycles. The normalized spacial score (nSPS) is 9.57. The number of ether oxygens (including phenoxy) is 2. The molecule has 0 saturated heterocycles. The van der Waals surface area contributed by atoms with Crippen LogP contribution in [0.5, 0.6) is 11.6 Å². The van der Waals surface area contributed by atoms with Gasteiger partial charge in [0.1, 0.15) is 0 Å². The van der Waals surface area contributed by atoms with Crippen molar-refractivity contribution in [3.63, 3.8) is 0 Å². The molecule has 1 aromatic heterocycles. The second-order valence-electron chi connectivity index (χ2n) is 2.34. The summed E-state index contributed by atoms with van der Waals surface area (Å²) in [6, 6.07) is 1.71. The first-order chi connectivity index (χ1) is 6.63. The number of pyridine rings is 1. The predicted octanol–water partition coefficient (Wildman–Crippen LogP) is 1.16. The minimum absolute atomic E-state index is 0.190. The van der Waals surface area contributed by atoms with E-state index in [2.05, 4.69) is 27.6 Å². The number of carboxylic acid groups (broad SMARTS) is 1. The van der Waals surface area contributed by atoms with Gasteiger partial charge in [-0.3, -0.25) is 0 Å². The van der Waals surface area contributed by atoms with Crippen LogP contribution in [0.3, 0.4) is 0 Å². The first-order valence-corrected chi connectivity index (χ1v) is 4.75. The Balaban J connectivity index is 2.80. The highest BCUT2D eigenvalue weighted by Gasteiger charge is 2.08. The van der Waals surface area contributed by atoms with Gasteiger partial charge in [-0.25, -0.2) is 9.78 Å². The zero-order valence-corrected chi connectivity index (χ0v) is 9.52. The standard InChI is InChI=1S/C8H8INO4/c1-13-6-2-5(9)3-10-8(6)14-4-7(11)12/h2-3H,4H2,1H3,(H,11,12). The Morgan fingerprint density at radius 2 is 2.43 bits per heavy atom. The average Bonchev–Trinajstić information content (AvgIpc) is 2.15. The molecule has 1 N–H and O–H groups in total. The maximum Gasteiger partial charge on any atom is 0.341 e. The molecular weight excluding hydrogens is 301 g/mol. The number of carboxylic acids is 1. The molecular formula is C8H8INO4. The summed E-state index contributed by atoms with van der Waals surface area (Å²) >= 11 is 2.07. The van der Waals surface area contributed by atoms with Crippen molar-refractivity contribution in [1.82, 2.24) is 4.98 Å². The molecule has 5 nitrogen and oxygen atoms in total. The molecule has 0 unspecified atom stereocenters. The Labute approximate surface area is 94.2 Å². The van der Waals surface area contributed by atoms with Crippen LogP contribution < -0.4 is 9.47 Å². The topological polar surface area (TPSA) is 68.7 Å². The Hall–Kier alpha value is -1.05. The van der Waals surface area contributed by atoms with Gasteiger partial charge in [0.05, 0.1) is 7.11 Å². The van der Waals surface area contributed by atoms with Gasteiger partial charge >= 0.3 is 5.97 Å². The molecule has 0 fully saturated rings. The summed E-state index contributed by atoms with van der Waals surface area (Å²) in [7, 11) is 1.47. The van der Waals surface area contributed by atoms with E-state index in [1.54, 1.807) is 12.3 Å². The van der Waals surface area contributed by atoms with Gasteiger partial charge in [0.25, 0.3) is 5.88 Å². The van der Waals surface area contributed by atoms with Crippen molar-refractivity contribution in [2.24, 2.45) is 0 Å². The van der Waals surface area contributed by atoms with Gasteiger partial charge in [-0.2, -0.15) is 0 Å². The second kappa shape index (κ2) is 4.99. The fourth-order valence-corrected chi connectivity index (χ4v) is 1.21. The highest BCUT2D eigenvalue weighted by atomic mass is 127. The third-order valence-corrected chi connectivity index (χ3v) is 1.93. The molecule has 0 bridgehead atoms. The molecule has 1 aromatic rings. The van der Waals surface area contributed by atoms with Crippen molar-refractivity contribution >= 4 is 28.6 Å². The van der Waals surface area contributed by atoms with Crippen LogP contribution in [0.15, 0.2) is 12.3 Å². The predicted molar refractivity (Wildman–Crippen MR) is 56.6 cm³/mol. The number of carbonyl (C=O) groups is 1. The van der Waals surface area contributed by atoms with Crippen LogP contribution in [0.4, 0.5) is 0 Å². The molecule has 0 aliphatic rings. The van der Waals surface area contributed by atoms with E-state index < -0.39 is 12.6 Å². The van der Waals surface area contributed by atoms with Gasteiger partial charge < -0.3 is 14.6 Å². The average molecular weight is 309 g/mol. The van der Waals surface area contributed by atoms with Crippen LogP contribution >= 0.6 is 22.6 Å². The maximum absolute atomic E-state index is 10.2. The molecule has 76 valence electrons.